The number of hydrogen-bond acceptors (Lipinski definition) is 3. The van der Waals surface area contributed by atoms with Gasteiger partial charge in [-0.25, -0.2) is 0 Å². The van der Waals surface area contributed by atoms with Crippen molar-refractivity contribution in [3.63, 3.8) is 0 Å². The van der Waals surface area contributed by atoms with E-state index in [0.29, 0.717) is 4.47 Å². The number of rotatable bonds is 2. The minimum absolute atomic E-state index is 0.145. The number of nitriles is 1. The first-order valence-corrected chi connectivity index (χ1v) is 4.53. The van der Waals surface area contributed by atoms with Crippen molar-refractivity contribution in [3.05, 3.63) is 27.5 Å². The molecule has 66 valence electrons. The molecule has 0 aliphatic rings. The third-order valence-electron chi connectivity index (χ3n) is 1.31. The molecule has 0 spiro atoms. The average molecular weight is 259 g/mol. The van der Waals surface area contributed by atoms with Gasteiger partial charge in [-0.15, -0.1) is 0 Å². The molecule has 1 rings (SSSR count). The summed E-state index contributed by atoms with van der Waals surface area (Å²) in [7, 11) is 0. The van der Waals surface area contributed by atoms with E-state index in [0.717, 1.165) is 0 Å². The van der Waals surface area contributed by atoms with Gasteiger partial charge in [0, 0.05) is 10.7 Å². The highest BCUT2D eigenvalue weighted by molar-refractivity contribution is 9.10. The van der Waals surface area contributed by atoms with Crippen molar-refractivity contribution < 1.29 is 4.79 Å². The Morgan fingerprint density at radius 1 is 1.77 bits per heavy atom. The van der Waals surface area contributed by atoms with E-state index < -0.39 is 0 Å². The number of carbonyl (C=O) groups is 1. The second-order valence-corrected chi connectivity index (χ2v) is 3.56. The number of pyridine rings is 1. The second kappa shape index (κ2) is 4.35. The van der Waals surface area contributed by atoms with Gasteiger partial charge in [0.2, 0.25) is 0 Å². The van der Waals surface area contributed by atoms with Crippen LogP contribution in [-0.2, 0) is 0 Å². The van der Waals surface area contributed by atoms with E-state index in [1.807, 2.05) is 0 Å². The van der Waals surface area contributed by atoms with Crippen LogP contribution in [0.3, 0.4) is 0 Å². The summed E-state index contributed by atoms with van der Waals surface area (Å²) in [5.41, 5.74) is 0.145. The van der Waals surface area contributed by atoms with Gasteiger partial charge in [0.05, 0.1) is 11.1 Å². The highest BCUT2D eigenvalue weighted by Crippen LogP contribution is 2.19. The number of aromatic nitrogens is 1. The molecule has 0 aliphatic heterocycles. The van der Waals surface area contributed by atoms with E-state index in [1.54, 1.807) is 12.1 Å². The molecular formula is C8H4BrClN2O. The fourth-order valence-corrected chi connectivity index (χ4v) is 1.51. The topological polar surface area (TPSA) is 53.8 Å². The summed E-state index contributed by atoms with van der Waals surface area (Å²) >= 11 is 8.90. The molecular weight excluding hydrogens is 255 g/mol. The molecule has 0 saturated heterocycles. The van der Waals surface area contributed by atoms with Crippen LogP contribution >= 0.6 is 27.5 Å². The maximum absolute atomic E-state index is 11.2. The van der Waals surface area contributed by atoms with Gasteiger partial charge in [-0.3, -0.25) is 9.78 Å². The van der Waals surface area contributed by atoms with Gasteiger partial charge < -0.3 is 0 Å². The standard InChI is InChI=1S/C8H4BrClN2O/c9-5-3-6(10)8(12-4-5)7(13)1-2-11/h3-4H,1H2. The Hall–Kier alpha value is -0.920. The Kier molecular flexibility index (Phi) is 3.40. The predicted molar refractivity (Wildman–Crippen MR) is 51.5 cm³/mol. The molecule has 1 aromatic heterocycles. The van der Waals surface area contributed by atoms with Crippen molar-refractivity contribution in [2.45, 2.75) is 6.42 Å². The maximum Gasteiger partial charge on any atom is 0.196 e. The molecule has 0 atom stereocenters. The number of halogens is 2. The molecule has 0 saturated carbocycles. The van der Waals surface area contributed by atoms with Crippen molar-refractivity contribution in [2.75, 3.05) is 0 Å². The van der Waals surface area contributed by atoms with Crippen molar-refractivity contribution in [2.24, 2.45) is 0 Å². The summed E-state index contributed by atoms with van der Waals surface area (Å²) in [5.74, 6) is -0.361. The Morgan fingerprint density at radius 2 is 2.46 bits per heavy atom. The van der Waals surface area contributed by atoms with Crippen LogP contribution in [0.4, 0.5) is 0 Å². The Bertz CT molecular complexity index is 386. The number of ketones is 1. The Balaban J connectivity index is 3.03. The van der Waals surface area contributed by atoms with Crippen molar-refractivity contribution in [1.82, 2.24) is 4.98 Å². The van der Waals surface area contributed by atoms with Gasteiger partial charge in [0.1, 0.15) is 12.1 Å². The van der Waals surface area contributed by atoms with E-state index in [1.165, 1.54) is 6.20 Å². The summed E-state index contributed by atoms with van der Waals surface area (Å²) in [6.45, 7) is 0. The lowest BCUT2D eigenvalue weighted by Gasteiger charge is -1.98. The molecule has 13 heavy (non-hydrogen) atoms. The molecule has 0 amide bonds. The summed E-state index contributed by atoms with van der Waals surface area (Å²) < 4.78 is 0.700. The van der Waals surface area contributed by atoms with Crippen LogP contribution in [0.1, 0.15) is 16.9 Å². The third kappa shape index (κ3) is 2.51. The van der Waals surface area contributed by atoms with Crippen LogP contribution in [0.5, 0.6) is 0 Å². The quantitative estimate of drug-likeness (QED) is 0.767. The first-order valence-electron chi connectivity index (χ1n) is 3.36. The summed E-state index contributed by atoms with van der Waals surface area (Å²) in [4.78, 5) is 15.0. The molecule has 0 N–H and O–H groups in total. The van der Waals surface area contributed by atoms with Crippen LogP contribution < -0.4 is 0 Å². The molecule has 0 bridgehead atoms. The minimum atomic E-state index is -0.361. The molecule has 1 aromatic rings. The largest absolute Gasteiger partial charge is 0.291 e. The van der Waals surface area contributed by atoms with Crippen molar-refractivity contribution >= 4 is 33.3 Å². The molecule has 0 aromatic carbocycles. The SMILES string of the molecule is N#CCC(=O)c1ncc(Br)cc1Cl. The highest BCUT2D eigenvalue weighted by atomic mass is 79.9. The predicted octanol–water partition coefficient (Wildman–Crippen LogP) is 2.59. The zero-order chi connectivity index (χ0) is 9.84. The van der Waals surface area contributed by atoms with Crippen molar-refractivity contribution in [1.29, 1.82) is 5.26 Å². The Morgan fingerprint density at radius 3 is 3.00 bits per heavy atom. The lowest BCUT2D eigenvalue weighted by Crippen LogP contribution is -2.01. The number of nitrogens with zero attached hydrogens (tertiary/aromatic N) is 2. The van der Waals surface area contributed by atoms with E-state index in [-0.39, 0.29) is 22.9 Å². The smallest absolute Gasteiger partial charge is 0.196 e. The Labute approximate surface area is 88.5 Å². The zero-order valence-electron chi connectivity index (χ0n) is 6.42. The second-order valence-electron chi connectivity index (χ2n) is 2.24. The monoisotopic (exact) mass is 258 g/mol. The van der Waals surface area contributed by atoms with Crippen LogP contribution in [0, 0.1) is 11.3 Å². The van der Waals surface area contributed by atoms with E-state index in [2.05, 4.69) is 20.9 Å². The maximum atomic E-state index is 11.2. The molecule has 0 radical (unpaired) electrons. The normalized spacial score (nSPS) is 9.31. The number of carbonyl (C=O) groups excluding carboxylic acids is 1. The number of hydrogen-bond donors (Lipinski definition) is 0. The van der Waals surface area contributed by atoms with Gasteiger partial charge >= 0.3 is 0 Å². The summed E-state index contributed by atoms with van der Waals surface area (Å²) in [5, 5.41) is 8.55. The molecule has 0 fully saturated rings. The molecule has 5 heteroatoms. The average Bonchev–Trinajstić information content (AvgIpc) is 2.04. The van der Waals surface area contributed by atoms with Gasteiger partial charge in [0.15, 0.2) is 5.78 Å². The van der Waals surface area contributed by atoms with Crippen molar-refractivity contribution in [3.8, 4) is 6.07 Å². The first kappa shape index (κ1) is 10.2. The lowest BCUT2D eigenvalue weighted by atomic mass is 10.2. The fourth-order valence-electron chi connectivity index (χ4n) is 0.775. The summed E-state index contributed by atoms with van der Waals surface area (Å²) in [6.07, 6.45) is 1.27. The van der Waals surface area contributed by atoms with Crippen LogP contribution in [-0.4, -0.2) is 10.8 Å². The lowest BCUT2D eigenvalue weighted by molar-refractivity contribution is 0.0993. The molecule has 0 unspecified atom stereocenters. The molecule has 3 nitrogen and oxygen atoms in total. The van der Waals surface area contributed by atoms with Crippen LogP contribution in [0.25, 0.3) is 0 Å². The van der Waals surface area contributed by atoms with E-state index in [9.17, 15) is 4.79 Å². The first-order chi connectivity index (χ1) is 6.15. The van der Waals surface area contributed by atoms with Gasteiger partial charge in [-0.2, -0.15) is 5.26 Å². The van der Waals surface area contributed by atoms with Crippen LogP contribution in [0.2, 0.25) is 5.02 Å². The summed E-state index contributed by atoms with van der Waals surface area (Å²) in [6, 6.07) is 3.32. The third-order valence-corrected chi connectivity index (χ3v) is 2.03. The number of Topliss-reactive ketones (excluding diaryl/α,β-unsaturated/α-hetero) is 1. The zero-order valence-corrected chi connectivity index (χ0v) is 8.76. The molecule has 0 aliphatic carbocycles. The molecule has 1 heterocycles. The van der Waals surface area contributed by atoms with Gasteiger partial charge in [-0.1, -0.05) is 11.6 Å². The van der Waals surface area contributed by atoms with E-state index >= 15 is 0 Å². The van der Waals surface area contributed by atoms with Crippen LogP contribution in [0.15, 0.2) is 16.7 Å². The van der Waals surface area contributed by atoms with Gasteiger partial charge in [0.25, 0.3) is 0 Å². The minimum Gasteiger partial charge on any atom is -0.291 e. The van der Waals surface area contributed by atoms with Gasteiger partial charge in [-0.05, 0) is 22.0 Å². The van der Waals surface area contributed by atoms with E-state index in [4.69, 9.17) is 16.9 Å². The fraction of sp³-hybridized carbons (Fsp3) is 0.125. The highest BCUT2D eigenvalue weighted by Gasteiger charge is 2.11.